The Morgan fingerprint density at radius 1 is 1.20 bits per heavy atom. The van der Waals surface area contributed by atoms with Gasteiger partial charge in [0, 0.05) is 0 Å². The van der Waals surface area contributed by atoms with Gasteiger partial charge >= 0.3 is 0 Å². The molecule has 0 atom stereocenters. The van der Waals surface area contributed by atoms with Gasteiger partial charge in [0.25, 0.3) is 0 Å². The molecule has 0 N–H and O–H groups in total. The summed E-state index contributed by atoms with van der Waals surface area (Å²) in [6, 6.07) is 0. The Balaban J connectivity index is 2.88. The quantitative estimate of drug-likeness (QED) is 0.524. The van der Waals surface area contributed by atoms with Crippen molar-refractivity contribution in [1.29, 1.82) is 0 Å². The molecule has 0 heteroatoms. The zero-order valence-corrected chi connectivity index (χ0v) is 13.7. The SMILES string of the molecule is C=C\C(C)=C/C=C/C(C)=C/C=C1\C(C)=CCCC1(C)C. The summed E-state index contributed by atoms with van der Waals surface area (Å²) in [4.78, 5) is 0. The first-order valence-electron chi connectivity index (χ1n) is 7.40. The van der Waals surface area contributed by atoms with E-state index in [1.54, 1.807) is 0 Å². The number of allylic oxidation sites excluding steroid dienone is 11. The molecule has 20 heavy (non-hydrogen) atoms. The Bertz CT molecular complexity index is 502. The summed E-state index contributed by atoms with van der Waals surface area (Å²) in [5, 5.41) is 0. The predicted molar refractivity (Wildman–Crippen MR) is 91.7 cm³/mol. The molecule has 0 radical (unpaired) electrons. The van der Waals surface area contributed by atoms with E-state index in [9.17, 15) is 0 Å². The van der Waals surface area contributed by atoms with Crippen molar-refractivity contribution < 1.29 is 0 Å². The molecule has 0 bridgehead atoms. The molecule has 0 nitrogen and oxygen atoms in total. The van der Waals surface area contributed by atoms with Gasteiger partial charge in [0.05, 0.1) is 0 Å². The van der Waals surface area contributed by atoms with Gasteiger partial charge in [-0.15, -0.1) is 0 Å². The Kier molecular flexibility index (Phi) is 6.01. The molecule has 0 heterocycles. The fourth-order valence-corrected chi connectivity index (χ4v) is 2.47. The predicted octanol–water partition coefficient (Wildman–Crippen LogP) is 6.31. The van der Waals surface area contributed by atoms with Crippen molar-refractivity contribution in [2.24, 2.45) is 5.41 Å². The van der Waals surface area contributed by atoms with Gasteiger partial charge in [0.15, 0.2) is 0 Å². The lowest BCUT2D eigenvalue weighted by Gasteiger charge is -2.32. The van der Waals surface area contributed by atoms with Gasteiger partial charge in [-0.2, -0.15) is 0 Å². The normalized spacial score (nSPS) is 22.2. The molecule has 0 aromatic carbocycles. The highest BCUT2D eigenvalue weighted by molar-refractivity contribution is 5.40. The minimum atomic E-state index is 0.290. The molecule has 0 aliphatic heterocycles. The molecular weight excluding hydrogens is 240 g/mol. The molecule has 1 aliphatic carbocycles. The largest absolute Gasteiger partial charge is 0.0988 e. The summed E-state index contributed by atoms with van der Waals surface area (Å²) >= 11 is 0. The van der Waals surface area contributed by atoms with Gasteiger partial charge in [-0.3, -0.25) is 0 Å². The summed E-state index contributed by atoms with van der Waals surface area (Å²) in [6.45, 7) is 14.8. The van der Waals surface area contributed by atoms with E-state index in [1.165, 1.54) is 35.1 Å². The lowest BCUT2D eigenvalue weighted by molar-refractivity contribution is 0.404. The average molecular weight is 268 g/mol. The third-order valence-electron chi connectivity index (χ3n) is 3.93. The second kappa shape index (κ2) is 7.28. The number of hydrogen-bond acceptors (Lipinski definition) is 0. The monoisotopic (exact) mass is 268 g/mol. The van der Waals surface area contributed by atoms with Crippen LogP contribution in [0, 0.1) is 5.41 Å². The van der Waals surface area contributed by atoms with E-state index in [-0.39, 0.29) is 0 Å². The molecule has 1 aliphatic rings. The van der Waals surface area contributed by atoms with Crippen molar-refractivity contribution in [2.45, 2.75) is 47.5 Å². The van der Waals surface area contributed by atoms with Crippen molar-refractivity contribution in [3.05, 3.63) is 71.4 Å². The number of rotatable bonds is 4. The summed E-state index contributed by atoms with van der Waals surface area (Å²) < 4.78 is 0. The third-order valence-corrected chi connectivity index (χ3v) is 3.93. The van der Waals surface area contributed by atoms with Crippen LogP contribution in [0.1, 0.15) is 47.5 Å². The van der Waals surface area contributed by atoms with Crippen molar-refractivity contribution in [2.75, 3.05) is 0 Å². The summed E-state index contributed by atoms with van der Waals surface area (Å²) in [6.07, 6.45) is 17.4. The molecule has 0 amide bonds. The first kappa shape index (κ1) is 16.5. The van der Waals surface area contributed by atoms with Gasteiger partial charge in [-0.1, -0.05) is 79.7 Å². The molecule has 0 fully saturated rings. The van der Waals surface area contributed by atoms with E-state index >= 15 is 0 Å². The highest BCUT2D eigenvalue weighted by Crippen LogP contribution is 2.40. The highest BCUT2D eigenvalue weighted by Gasteiger charge is 2.26. The first-order chi connectivity index (χ1) is 9.36. The van der Waals surface area contributed by atoms with Crippen molar-refractivity contribution >= 4 is 0 Å². The van der Waals surface area contributed by atoms with Crippen LogP contribution in [0.2, 0.25) is 0 Å². The summed E-state index contributed by atoms with van der Waals surface area (Å²) in [5.41, 5.74) is 5.63. The summed E-state index contributed by atoms with van der Waals surface area (Å²) in [7, 11) is 0. The molecular formula is C20H28. The minimum absolute atomic E-state index is 0.290. The number of hydrogen-bond donors (Lipinski definition) is 0. The minimum Gasteiger partial charge on any atom is -0.0988 e. The first-order valence-corrected chi connectivity index (χ1v) is 7.40. The van der Waals surface area contributed by atoms with Crippen LogP contribution in [0.5, 0.6) is 0 Å². The van der Waals surface area contributed by atoms with Crippen LogP contribution in [-0.4, -0.2) is 0 Å². The maximum atomic E-state index is 3.75. The third kappa shape index (κ3) is 4.85. The van der Waals surface area contributed by atoms with Crippen LogP contribution in [0.4, 0.5) is 0 Å². The standard InChI is InChI=1S/C20H28/c1-7-16(2)10-8-11-17(3)13-14-19-18(4)12-9-15-20(19,5)6/h7-8,10-14H,1,9,15H2,2-6H3/b11-8+,16-10-,17-13+,19-14+. The van der Waals surface area contributed by atoms with Gasteiger partial charge in [-0.25, -0.2) is 0 Å². The maximum absolute atomic E-state index is 3.75. The van der Waals surface area contributed by atoms with Gasteiger partial charge in [-0.05, 0) is 44.6 Å². The topological polar surface area (TPSA) is 0 Å². The van der Waals surface area contributed by atoms with E-state index in [0.717, 1.165) is 0 Å². The van der Waals surface area contributed by atoms with Crippen LogP contribution in [0.25, 0.3) is 0 Å². The van der Waals surface area contributed by atoms with Crippen molar-refractivity contribution in [3.63, 3.8) is 0 Å². The van der Waals surface area contributed by atoms with E-state index in [2.05, 4.69) is 77.7 Å². The van der Waals surface area contributed by atoms with Crippen LogP contribution in [-0.2, 0) is 0 Å². The molecule has 0 saturated heterocycles. The second-order valence-corrected chi connectivity index (χ2v) is 6.27. The Labute approximate surface area is 125 Å². The van der Waals surface area contributed by atoms with E-state index in [4.69, 9.17) is 0 Å². The van der Waals surface area contributed by atoms with Crippen molar-refractivity contribution in [1.82, 2.24) is 0 Å². The van der Waals surface area contributed by atoms with Crippen LogP contribution >= 0.6 is 0 Å². The Morgan fingerprint density at radius 2 is 1.90 bits per heavy atom. The molecule has 1 rings (SSSR count). The molecule has 108 valence electrons. The smallest absolute Gasteiger partial charge is 0.00981 e. The van der Waals surface area contributed by atoms with Crippen LogP contribution < -0.4 is 0 Å². The van der Waals surface area contributed by atoms with Gasteiger partial charge in [0.2, 0.25) is 0 Å². The highest BCUT2D eigenvalue weighted by atomic mass is 14.3. The van der Waals surface area contributed by atoms with E-state index < -0.39 is 0 Å². The Morgan fingerprint density at radius 3 is 2.50 bits per heavy atom. The molecule has 0 spiro atoms. The molecule has 0 saturated carbocycles. The van der Waals surface area contributed by atoms with E-state index in [0.29, 0.717) is 5.41 Å². The molecule has 0 aromatic heterocycles. The molecule has 0 aromatic rings. The zero-order chi connectivity index (χ0) is 15.2. The lowest BCUT2D eigenvalue weighted by atomic mass is 9.73. The van der Waals surface area contributed by atoms with Crippen LogP contribution in [0.15, 0.2) is 71.4 Å². The lowest BCUT2D eigenvalue weighted by Crippen LogP contribution is -2.18. The second-order valence-electron chi connectivity index (χ2n) is 6.27. The zero-order valence-electron chi connectivity index (χ0n) is 13.7. The Hall–Kier alpha value is -1.56. The molecule has 0 unspecified atom stereocenters. The fourth-order valence-electron chi connectivity index (χ4n) is 2.47. The van der Waals surface area contributed by atoms with Crippen molar-refractivity contribution in [3.8, 4) is 0 Å². The maximum Gasteiger partial charge on any atom is -0.00981 e. The fraction of sp³-hybridized carbons (Fsp3) is 0.400. The van der Waals surface area contributed by atoms with Gasteiger partial charge in [0.1, 0.15) is 0 Å². The van der Waals surface area contributed by atoms with Crippen LogP contribution in [0.3, 0.4) is 0 Å². The van der Waals surface area contributed by atoms with E-state index in [1.807, 2.05) is 6.08 Å². The average Bonchev–Trinajstić information content (AvgIpc) is 2.37. The summed E-state index contributed by atoms with van der Waals surface area (Å²) in [5.74, 6) is 0. The van der Waals surface area contributed by atoms with Gasteiger partial charge < -0.3 is 0 Å².